The average molecular weight is 498 g/mol. The summed E-state index contributed by atoms with van der Waals surface area (Å²) in [5.74, 6) is -0.161. The molecule has 10 heteroatoms. The molecule has 2 amide bonds. The summed E-state index contributed by atoms with van der Waals surface area (Å²) in [5.41, 5.74) is 8.00. The number of hydrogen-bond acceptors (Lipinski definition) is 4. The highest BCUT2D eigenvalue weighted by Gasteiger charge is 2.19. The van der Waals surface area contributed by atoms with Crippen molar-refractivity contribution in [2.24, 2.45) is 5.73 Å². The molecule has 0 bridgehead atoms. The maximum Gasteiger partial charge on any atom is 0.273 e. The van der Waals surface area contributed by atoms with E-state index in [9.17, 15) is 9.59 Å². The Kier molecular flexibility index (Phi) is 9.41. The molecule has 0 aliphatic carbocycles. The summed E-state index contributed by atoms with van der Waals surface area (Å²) in [6.07, 6.45) is 0. The third kappa shape index (κ3) is 6.17. The number of anilines is 1. The van der Waals surface area contributed by atoms with Gasteiger partial charge in [-0.1, -0.05) is 47.5 Å². The fourth-order valence-corrected chi connectivity index (χ4v) is 3.28. The monoisotopic (exact) mass is 496 g/mol. The molecule has 170 valence electrons. The minimum atomic E-state index is -0.436. The zero-order valence-corrected chi connectivity index (χ0v) is 19.5. The van der Waals surface area contributed by atoms with Crippen LogP contribution in [0, 0.1) is 6.92 Å². The van der Waals surface area contributed by atoms with Crippen LogP contribution >= 0.6 is 35.6 Å². The second-order valence-corrected chi connectivity index (χ2v) is 7.49. The molecule has 32 heavy (non-hydrogen) atoms. The topological polar surface area (TPSA) is 109 Å². The van der Waals surface area contributed by atoms with E-state index in [1.807, 2.05) is 6.07 Å². The number of H-pyrrole nitrogens is 1. The molecule has 3 rings (SSSR count). The van der Waals surface area contributed by atoms with Gasteiger partial charge in [0.05, 0.1) is 15.7 Å². The van der Waals surface area contributed by atoms with E-state index < -0.39 is 5.91 Å². The summed E-state index contributed by atoms with van der Waals surface area (Å²) in [6.45, 7) is 2.71. The zero-order chi connectivity index (χ0) is 22.4. The minimum Gasteiger partial charge on any atom is -0.487 e. The first-order chi connectivity index (χ1) is 14.9. The first-order valence-corrected chi connectivity index (χ1v) is 10.3. The highest BCUT2D eigenvalue weighted by molar-refractivity contribution is 6.44. The zero-order valence-electron chi connectivity index (χ0n) is 17.2. The molecule has 0 aliphatic rings. The number of halogens is 3. The molecule has 3 aromatic rings. The summed E-state index contributed by atoms with van der Waals surface area (Å²) in [6, 6.07) is 14.1. The molecule has 0 fully saturated rings. The molecule has 1 aromatic heterocycles. The summed E-state index contributed by atoms with van der Waals surface area (Å²) < 4.78 is 5.90. The van der Waals surface area contributed by atoms with E-state index in [-0.39, 0.29) is 35.6 Å². The van der Waals surface area contributed by atoms with Crippen LogP contribution in [0.4, 0.5) is 5.69 Å². The van der Waals surface area contributed by atoms with Gasteiger partial charge in [-0.2, -0.15) is 0 Å². The van der Waals surface area contributed by atoms with E-state index in [1.54, 1.807) is 49.4 Å². The lowest BCUT2D eigenvalue weighted by Gasteiger charge is -2.13. The van der Waals surface area contributed by atoms with Crippen molar-refractivity contribution in [3.63, 3.8) is 0 Å². The number of ether oxygens (including phenoxy) is 1. The molecule has 5 N–H and O–H groups in total. The van der Waals surface area contributed by atoms with Gasteiger partial charge in [0.25, 0.3) is 11.8 Å². The third-order valence-corrected chi connectivity index (χ3v) is 5.38. The van der Waals surface area contributed by atoms with Gasteiger partial charge in [-0.3, -0.25) is 9.59 Å². The van der Waals surface area contributed by atoms with Crippen molar-refractivity contribution >= 4 is 53.1 Å². The van der Waals surface area contributed by atoms with Crippen LogP contribution in [0.3, 0.4) is 0 Å². The van der Waals surface area contributed by atoms with Gasteiger partial charge in [-0.25, -0.2) is 0 Å². The second-order valence-electron chi connectivity index (χ2n) is 6.74. The van der Waals surface area contributed by atoms with Crippen molar-refractivity contribution in [1.29, 1.82) is 0 Å². The number of amides is 2. The van der Waals surface area contributed by atoms with Crippen LogP contribution in [0.2, 0.25) is 10.0 Å². The Hall–Kier alpha value is -2.71. The van der Waals surface area contributed by atoms with Gasteiger partial charge in [-0.05, 0) is 36.8 Å². The summed E-state index contributed by atoms with van der Waals surface area (Å²) >= 11 is 12.2. The van der Waals surface area contributed by atoms with Crippen LogP contribution in [-0.2, 0) is 6.61 Å². The van der Waals surface area contributed by atoms with Crippen LogP contribution < -0.4 is 21.1 Å². The fourth-order valence-electron chi connectivity index (χ4n) is 2.86. The number of benzene rings is 2. The quantitative estimate of drug-likeness (QED) is 0.365. The molecule has 0 atom stereocenters. The first-order valence-electron chi connectivity index (χ1n) is 9.54. The molecule has 0 saturated heterocycles. The van der Waals surface area contributed by atoms with Crippen molar-refractivity contribution in [1.82, 2.24) is 10.3 Å². The van der Waals surface area contributed by atoms with E-state index in [1.165, 1.54) is 0 Å². The number of aromatic nitrogens is 1. The Morgan fingerprint density at radius 3 is 2.50 bits per heavy atom. The standard InChI is InChI=1S/C22H22Cl2N4O3.ClH/c1-13-18(23)19(24)20(27-13)22(30)28-16-7-2-3-8-17(16)31-12-14-5-4-6-15(11-14)21(29)26-10-9-25;/h2-8,11,27H,9-10,12,25H2,1H3,(H,26,29)(H,28,30);1H. The number of nitrogens with one attached hydrogen (secondary N) is 3. The number of para-hydroxylation sites is 2. The number of carbonyl (C=O) groups excluding carboxylic acids is 2. The van der Waals surface area contributed by atoms with E-state index in [2.05, 4.69) is 15.6 Å². The predicted molar refractivity (Wildman–Crippen MR) is 129 cm³/mol. The van der Waals surface area contributed by atoms with E-state index >= 15 is 0 Å². The van der Waals surface area contributed by atoms with Crippen molar-refractivity contribution in [3.8, 4) is 5.75 Å². The largest absolute Gasteiger partial charge is 0.487 e. The lowest BCUT2D eigenvalue weighted by atomic mass is 10.1. The lowest BCUT2D eigenvalue weighted by molar-refractivity contribution is 0.0953. The van der Waals surface area contributed by atoms with Crippen LogP contribution in [0.15, 0.2) is 48.5 Å². The maximum absolute atomic E-state index is 12.6. The fraction of sp³-hybridized carbons (Fsp3) is 0.182. The number of rotatable bonds is 8. The normalized spacial score (nSPS) is 10.2. The smallest absolute Gasteiger partial charge is 0.273 e. The van der Waals surface area contributed by atoms with Gasteiger partial charge in [0, 0.05) is 24.3 Å². The number of aromatic amines is 1. The van der Waals surface area contributed by atoms with Gasteiger partial charge in [-0.15, -0.1) is 12.4 Å². The lowest BCUT2D eigenvalue weighted by Crippen LogP contribution is -2.29. The van der Waals surface area contributed by atoms with Crippen LogP contribution in [0.1, 0.15) is 32.1 Å². The molecule has 7 nitrogen and oxygen atoms in total. The summed E-state index contributed by atoms with van der Waals surface area (Å²) in [5, 5.41) is 5.99. The van der Waals surface area contributed by atoms with Gasteiger partial charge >= 0.3 is 0 Å². The molecule has 0 spiro atoms. The molecular formula is C22H23Cl3N4O3. The molecule has 0 unspecified atom stereocenters. The minimum absolute atomic E-state index is 0. The SMILES string of the molecule is Cc1[nH]c(C(=O)Nc2ccccc2OCc2cccc(C(=O)NCCN)c2)c(Cl)c1Cl.Cl. The first kappa shape index (κ1) is 25.5. The summed E-state index contributed by atoms with van der Waals surface area (Å²) in [4.78, 5) is 27.6. The second kappa shape index (κ2) is 11.8. The van der Waals surface area contributed by atoms with E-state index in [0.29, 0.717) is 40.8 Å². The van der Waals surface area contributed by atoms with Gasteiger partial charge in [0.1, 0.15) is 18.1 Å². The Bertz CT molecular complexity index is 1100. The van der Waals surface area contributed by atoms with Crippen LogP contribution in [0.25, 0.3) is 0 Å². The van der Waals surface area contributed by atoms with Crippen molar-refractivity contribution in [2.75, 3.05) is 18.4 Å². The Morgan fingerprint density at radius 2 is 1.81 bits per heavy atom. The molecule has 2 aromatic carbocycles. The van der Waals surface area contributed by atoms with Crippen molar-refractivity contribution in [2.45, 2.75) is 13.5 Å². The van der Waals surface area contributed by atoms with Crippen molar-refractivity contribution in [3.05, 3.63) is 81.1 Å². The highest BCUT2D eigenvalue weighted by Crippen LogP contribution is 2.31. The third-order valence-electron chi connectivity index (χ3n) is 4.43. The van der Waals surface area contributed by atoms with Crippen LogP contribution in [0.5, 0.6) is 5.75 Å². The molecule has 0 saturated carbocycles. The maximum atomic E-state index is 12.6. The van der Waals surface area contributed by atoms with E-state index in [4.69, 9.17) is 33.7 Å². The molecule has 1 heterocycles. The Morgan fingerprint density at radius 1 is 1.06 bits per heavy atom. The average Bonchev–Trinajstić information content (AvgIpc) is 3.04. The Balaban J connectivity index is 0.00000363. The van der Waals surface area contributed by atoms with Crippen molar-refractivity contribution < 1.29 is 14.3 Å². The van der Waals surface area contributed by atoms with E-state index in [0.717, 1.165) is 5.56 Å². The summed E-state index contributed by atoms with van der Waals surface area (Å²) in [7, 11) is 0. The number of hydrogen-bond donors (Lipinski definition) is 4. The van der Waals surface area contributed by atoms with Gasteiger partial charge < -0.3 is 26.1 Å². The van der Waals surface area contributed by atoms with Gasteiger partial charge in [0.15, 0.2) is 0 Å². The molecular weight excluding hydrogens is 475 g/mol. The number of carbonyl (C=O) groups is 2. The highest BCUT2D eigenvalue weighted by atomic mass is 35.5. The van der Waals surface area contributed by atoms with Crippen LogP contribution in [-0.4, -0.2) is 29.9 Å². The Labute approximate surface area is 202 Å². The molecule has 0 aliphatic heterocycles. The van der Waals surface area contributed by atoms with Gasteiger partial charge in [0.2, 0.25) is 0 Å². The number of aryl methyl sites for hydroxylation is 1. The predicted octanol–water partition coefficient (Wildman–Crippen LogP) is 4.57. The molecule has 0 radical (unpaired) electrons. The number of nitrogens with two attached hydrogens (primary N) is 1.